The van der Waals surface area contributed by atoms with E-state index in [1.165, 1.54) is 12.1 Å². The van der Waals surface area contributed by atoms with Crippen molar-refractivity contribution in [2.24, 2.45) is 0 Å². The minimum atomic E-state index is -1.04. The topological polar surface area (TPSA) is 75.6 Å². The number of ether oxygens (including phenoxy) is 1. The van der Waals surface area contributed by atoms with E-state index in [2.05, 4.69) is 5.32 Å². The van der Waals surface area contributed by atoms with E-state index in [-0.39, 0.29) is 23.2 Å². The van der Waals surface area contributed by atoms with E-state index in [9.17, 15) is 9.59 Å². The number of carboxylic acid groups (broad SMARTS) is 1. The molecule has 1 aromatic rings. The highest BCUT2D eigenvalue weighted by molar-refractivity contribution is 5.97. The summed E-state index contributed by atoms with van der Waals surface area (Å²) in [6, 6.07) is 5.99. The number of hydrogen-bond donors (Lipinski definition) is 2. The van der Waals surface area contributed by atoms with Gasteiger partial charge in [0.15, 0.2) is 0 Å². The fourth-order valence-electron chi connectivity index (χ4n) is 2.32. The Balaban J connectivity index is 1.92. The Hall–Kier alpha value is -1.88. The van der Waals surface area contributed by atoms with E-state index in [0.29, 0.717) is 12.1 Å². The van der Waals surface area contributed by atoms with Gasteiger partial charge < -0.3 is 15.2 Å². The summed E-state index contributed by atoms with van der Waals surface area (Å²) < 4.78 is 5.79. The predicted octanol–water partition coefficient (Wildman–Crippen LogP) is 2.07. The van der Waals surface area contributed by atoms with Gasteiger partial charge in [-0.2, -0.15) is 0 Å². The summed E-state index contributed by atoms with van der Waals surface area (Å²) in [6.07, 6.45) is 1.92. The smallest absolute Gasteiger partial charge is 0.335 e. The number of hydrogen-bond acceptors (Lipinski definition) is 3. The molecule has 1 aromatic carbocycles. The first-order valence-corrected chi connectivity index (χ1v) is 6.67. The Morgan fingerprint density at radius 1 is 1.40 bits per heavy atom. The zero-order valence-corrected chi connectivity index (χ0v) is 11.7. The second-order valence-electron chi connectivity index (χ2n) is 5.63. The molecular weight excluding hydrogens is 258 g/mol. The molecule has 20 heavy (non-hydrogen) atoms. The molecule has 2 N–H and O–H groups in total. The molecule has 5 heteroatoms. The van der Waals surface area contributed by atoms with Crippen LogP contribution in [0.15, 0.2) is 24.3 Å². The van der Waals surface area contributed by atoms with Gasteiger partial charge in [0.1, 0.15) is 0 Å². The number of aromatic carboxylic acids is 1. The molecule has 1 aliphatic rings. The van der Waals surface area contributed by atoms with Crippen LogP contribution in [0, 0.1) is 0 Å². The lowest BCUT2D eigenvalue weighted by Crippen LogP contribution is -2.33. The summed E-state index contributed by atoms with van der Waals surface area (Å²) in [6.45, 7) is 4.51. The molecule has 1 unspecified atom stereocenters. The fourth-order valence-corrected chi connectivity index (χ4v) is 2.32. The summed E-state index contributed by atoms with van der Waals surface area (Å²) in [7, 11) is 0. The molecule has 1 heterocycles. The first-order valence-electron chi connectivity index (χ1n) is 6.67. The van der Waals surface area contributed by atoms with Crippen molar-refractivity contribution in [2.75, 3.05) is 6.54 Å². The zero-order valence-electron chi connectivity index (χ0n) is 11.7. The summed E-state index contributed by atoms with van der Waals surface area (Å²) in [5.74, 6) is -1.32. The fraction of sp³-hybridized carbons (Fsp3) is 0.467. The second-order valence-corrected chi connectivity index (χ2v) is 5.63. The monoisotopic (exact) mass is 277 g/mol. The lowest BCUT2D eigenvalue weighted by atomic mass is 10.1. The van der Waals surface area contributed by atoms with Crippen molar-refractivity contribution in [2.45, 2.75) is 38.4 Å². The molecule has 0 saturated carbocycles. The lowest BCUT2D eigenvalue weighted by molar-refractivity contribution is -0.0138. The van der Waals surface area contributed by atoms with Crippen LogP contribution in [-0.2, 0) is 4.74 Å². The Morgan fingerprint density at radius 3 is 2.70 bits per heavy atom. The summed E-state index contributed by atoms with van der Waals surface area (Å²) in [5.41, 5.74) is 0.330. The maximum atomic E-state index is 12.0. The highest BCUT2D eigenvalue weighted by Crippen LogP contribution is 2.28. The van der Waals surface area contributed by atoms with E-state index >= 15 is 0 Å². The minimum absolute atomic E-state index is 0.0246. The third kappa shape index (κ3) is 3.57. The Bertz CT molecular complexity index is 524. The van der Waals surface area contributed by atoms with E-state index in [0.717, 1.165) is 12.8 Å². The van der Waals surface area contributed by atoms with Gasteiger partial charge >= 0.3 is 5.97 Å². The number of nitrogens with one attached hydrogen (secondary N) is 1. The van der Waals surface area contributed by atoms with Gasteiger partial charge in [0, 0.05) is 12.1 Å². The number of benzene rings is 1. The van der Waals surface area contributed by atoms with Gasteiger partial charge in [-0.25, -0.2) is 4.79 Å². The van der Waals surface area contributed by atoms with Crippen molar-refractivity contribution in [1.29, 1.82) is 0 Å². The largest absolute Gasteiger partial charge is 0.478 e. The maximum absolute atomic E-state index is 12.0. The first-order chi connectivity index (χ1) is 9.37. The van der Waals surface area contributed by atoms with Crippen molar-refractivity contribution in [3.63, 3.8) is 0 Å². The summed E-state index contributed by atoms with van der Waals surface area (Å²) in [4.78, 5) is 22.8. The molecule has 2 rings (SSSR count). The highest BCUT2D eigenvalue weighted by Gasteiger charge is 2.31. The van der Waals surface area contributed by atoms with Gasteiger partial charge in [0.25, 0.3) is 5.91 Å². The zero-order chi connectivity index (χ0) is 14.8. The van der Waals surface area contributed by atoms with Crippen LogP contribution < -0.4 is 5.32 Å². The number of carboxylic acids is 1. The molecule has 108 valence electrons. The van der Waals surface area contributed by atoms with Crippen LogP contribution in [0.25, 0.3) is 0 Å². The Morgan fingerprint density at radius 2 is 2.10 bits per heavy atom. The number of carbonyl (C=O) groups excluding carboxylic acids is 1. The van der Waals surface area contributed by atoms with Crippen molar-refractivity contribution >= 4 is 11.9 Å². The van der Waals surface area contributed by atoms with Crippen LogP contribution in [0.5, 0.6) is 0 Å². The third-order valence-electron chi connectivity index (χ3n) is 3.42. The maximum Gasteiger partial charge on any atom is 0.335 e. The normalized spacial score (nSPS) is 20.6. The molecule has 0 aliphatic carbocycles. The van der Waals surface area contributed by atoms with E-state index < -0.39 is 5.97 Å². The van der Waals surface area contributed by atoms with Crippen molar-refractivity contribution in [3.05, 3.63) is 35.4 Å². The highest BCUT2D eigenvalue weighted by atomic mass is 16.5. The van der Waals surface area contributed by atoms with E-state index in [1.54, 1.807) is 12.1 Å². The molecule has 0 aromatic heterocycles. The Labute approximate surface area is 117 Å². The van der Waals surface area contributed by atoms with Crippen LogP contribution in [0.3, 0.4) is 0 Å². The molecular formula is C15H19NO4. The number of amides is 1. The van der Waals surface area contributed by atoms with E-state index in [1.807, 2.05) is 13.8 Å². The predicted molar refractivity (Wildman–Crippen MR) is 73.9 cm³/mol. The van der Waals surface area contributed by atoms with Crippen LogP contribution in [0.2, 0.25) is 0 Å². The molecule has 1 amide bonds. The second kappa shape index (κ2) is 5.63. The SMILES string of the molecule is CC1(C)CCC(CNC(=O)c2cccc(C(=O)O)c2)O1. The number of carbonyl (C=O) groups is 2. The van der Waals surface area contributed by atoms with Gasteiger partial charge in [0.2, 0.25) is 0 Å². The summed E-state index contributed by atoms with van der Waals surface area (Å²) >= 11 is 0. The van der Waals surface area contributed by atoms with Crippen molar-refractivity contribution in [1.82, 2.24) is 5.32 Å². The van der Waals surface area contributed by atoms with Gasteiger partial charge in [-0.3, -0.25) is 4.79 Å². The average Bonchev–Trinajstić information content (AvgIpc) is 2.75. The molecule has 0 radical (unpaired) electrons. The van der Waals surface area contributed by atoms with Crippen molar-refractivity contribution < 1.29 is 19.4 Å². The van der Waals surface area contributed by atoms with Crippen LogP contribution in [0.4, 0.5) is 0 Å². The van der Waals surface area contributed by atoms with Gasteiger partial charge in [-0.05, 0) is 44.9 Å². The molecule has 1 aliphatic heterocycles. The molecule has 1 saturated heterocycles. The van der Waals surface area contributed by atoms with Crippen LogP contribution in [0.1, 0.15) is 47.4 Å². The molecule has 0 spiro atoms. The quantitative estimate of drug-likeness (QED) is 0.883. The molecule has 1 fully saturated rings. The molecule has 5 nitrogen and oxygen atoms in total. The molecule has 0 bridgehead atoms. The van der Waals surface area contributed by atoms with Gasteiger partial charge in [-0.15, -0.1) is 0 Å². The molecule has 1 atom stereocenters. The average molecular weight is 277 g/mol. The number of rotatable bonds is 4. The standard InChI is InChI=1S/C15H19NO4/c1-15(2)7-6-12(20-15)9-16-13(17)10-4-3-5-11(8-10)14(18)19/h3-5,8,12H,6-7,9H2,1-2H3,(H,16,17)(H,18,19). The summed E-state index contributed by atoms with van der Waals surface area (Å²) in [5, 5.41) is 11.7. The van der Waals surface area contributed by atoms with Gasteiger partial charge in [-0.1, -0.05) is 6.07 Å². The van der Waals surface area contributed by atoms with Crippen molar-refractivity contribution in [3.8, 4) is 0 Å². The third-order valence-corrected chi connectivity index (χ3v) is 3.42. The van der Waals surface area contributed by atoms with E-state index in [4.69, 9.17) is 9.84 Å². The van der Waals surface area contributed by atoms with Crippen LogP contribution in [-0.4, -0.2) is 35.2 Å². The minimum Gasteiger partial charge on any atom is -0.478 e. The first kappa shape index (κ1) is 14.5. The lowest BCUT2D eigenvalue weighted by Gasteiger charge is -2.19. The van der Waals surface area contributed by atoms with Crippen LogP contribution >= 0.6 is 0 Å². The Kier molecular flexibility index (Phi) is 4.09. The van der Waals surface area contributed by atoms with Gasteiger partial charge in [0.05, 0.1) is 17.3 Å².